The number of nitrogen functional groups attached to an aromatic ring is 1. The SMILES string of the molecule is Cc1c(C2CCN(C(=O)C(N)=NC=N)CC2)nc2c(-c3ccc(-c4ccc5c(c4)OCO5)nc3)cnn2c1N. The topological polar surface area (TPSA) is 170 Å². The van der Waals surface area contributed by atoms with E-state index in [9.17, 15) is 4.79 Å². The number of nitrogens with two attached hydrogens (primary N) is 2. The summed E-state index contributed by atoms with van der Waals surface area (Å²) < 4.78 is 12.6. The summed E-state index contributed by atoms with van der Waals surface area (Å²) in [6, 6.07) is 9.70. The highest BCUT2D eigenvalue weighted by atomic mass is 16.7. The highest BCUT2D eigenvalue weighted by Crippen LogP contribution is 2.37. The molecule has 3 aromatic heterocycles. The normalized spacial score (nSPS) is 15.6. The number of nitrogens with zero attached hydrogens (tertiary/aromatic N) is 6. The van der Waals surface area contributed by atoms with E-state index in [1.807, 2.05) is 37.3 Å². The number of amidine groups is 1. The van der Waals surface area contributed by atoms with Crippen LogP contribution in [0.1, 0.15) is 30.0 Å². The maximum absolute atomic E-state index is 12.5. The van der Waals surface area contributed by atoms with Crippen molar-refractivity contribution in [3.63, 3.8) is 0 Å². The van der Waals surface area contributed by atoms with E-state index >= 15 is 0 Å². The van der Waals surface area contributed by atoms with Crippen LogP contribution in [0.3, 0.4) is 0 Å². The van der Waals surface area contributed by atoms with Gasteiger partial charge in [0.25, 0.3) is 5.91 Å². The Morgan fingerprint density at radius 1 is 1.13 bits per heavy atom. The van der Waals surface area contributed by atoms with Crippen LogP contribution >= 0.6 is 0 Å². The second-order valence-electron chi connectivity index (χ2n) is 9.51. The molecule has 0 unspecified atom stereocenters. The number of carbonyl (C=O) groups is 1. The highest BCUT2D eigenvalue weighted by Gasteiger charge is 2.29. The molecule has 1 aromatic carbocycles. The first-order chi connectivity index (χ1) is 18.9. The summed E-state index contributed by atoms with van der Waals surface area (Å²) in [5.74, 6) is 1.57. The molecule has 198 valence electrons. The van der Waals surface area contributed by atoms with Crippen LogP contribution in [0.25, 0.3) is 28.0 Å². The van der Waals surface area contributed by atoms with Crippen LogP contribution in [0.4, 0.5) is 5.82 Å². The molecular formula is C27H27N9O3. The lowest BCUT2D eigenvalue weighted by atomic mass is 9.90. The van der Waals surface area contributed by atoms with Gasteiger partial charge in [-0.2, -0.15) is 9.61 Å². The van der Waals surface area contributed by atoms with Gasteiger partial charge in [0.2, 0.25) is 6.79 Å². The van der Waals surface area contributed by atoms with Gasteiger partial charge in [0.05, 0.1) is 17.6 Å². The van der Waals surface area contributed by atoms with Crippen molar-refractivity contribution in [2.24, 2.45) is 10.7 Å². The molecule has 0 saturated carbocycles. The molecule has 0 radical (unpaired) electrons. The molecule has 2 aliphatic heterocycles. The van der Waals surface area contributed by atoms with Gasteiger partial charge in [0, 0.05) is 47.5 Å². The molecule has 12 heteroatoms. The van der Waals surface area contributed by atoms with E-state index in [-0.39, 0.29) is 24.5 Å². The third-order valence-corrected chi connectivity index (χ3v) is 7.30. The Labute approximate surface area is 223 Å². The van der Waals surface area contributed by atoms with Gasteiger partial charge in [-0.15, -0.1) is 0 Å². The van der Waals surface area contributed by atoms with Crippen LogP contribution in [0, 0.1) is 12.3 Å². The summed E-state index contributed by atoms with van der Waals surface area (Å²) >= 11 is 0. The smallest absolute Gasteiger partial charge is 0.289 e. The molecule has 39 heavy (non-hydrogen) atoms. The van der Waals surface area contributed by atoms with Crippen molar-refractivity contribution in [1.29, 1.82) is 5.41 Å². The summed E-state index contributed by atoms with van der Waals surface area (Å²) in [6.07, 6.45) is 5.75. The third-order valence-electron chi connectivity index (χ3n) is 7.30. The van der Waals surface area contributed by atoms with Crippen molar-refractivity contribution in [2.45, 2.75) is 25.7 Å². The summed E-state index contributed by atoms with van der Waals surface area (Å²) in [5.41, 5.74) is 18.1. The maximum atomic E-state index is 12.5. The average Bonchev–Trinajstić information content (AvgIpc) is 3.62. The van der Waals surface area contributed by atoms with Gasteiger partial charge in [-0.1, -0.05) is 6.07 Å². The average molecular weight is 526 g/mol. The summed E-state index contributed by atoms with van der Waals surface area (Å²) in [4.78, 5) is 27.4. The van der Waals surface area contributed by atoms with E-state index in [1.54, 1.807) is 21.8 Å². The Hall–Kier alpha value is -5.00. The molecule has 0 aliphatic carbocycles. The van der Waals surface area contributed by atoms with Crippen molar-refractivity contribution >= 4 is 29.5 Å². The number of piperidine rings is 1. The number of amides is 1. The summed E-state index contributed by atoms with van der Waals surface area (Å²) in [5, 5.41) is 11.5. The molecular weight excluding hydrogens is 498 g/mol. The minimum absolute atomic E-state index is 0.122. The minimum Gasteiger partial charge on any atom is -0.454 e. The van der Waals surface area contributed by atoms with Gasteiger partial charge in [-0.3, -0.25) is 15.2 Å². The molecule has 4 aromatic rings. The van der Waals surface area contributed by atoms with Crippen LogP contribution in [0.2, 0.25) is 0 Å². The van der Waals surface area contributed by atoms with Gasteiger partial charge in [0.15, 0.2) is 23.0 Å². The molecule has 5 heterocycles. The van der Waals surface area contributed by atoms with Crippen molar-refractivity contribution in [1.82, 2.24) is 24.5 Å². The molecule has 0 spiro atoms. The number of nitrogens with one attached hydrogen (secondary N) is 1. The zero-order chi connectivity index (χ0) is 27.1. The van der Waals surface area contributed by atoms with E-state index in [4.69, 9.17) is 31.3 Å². The number of anilines is 1. The number of pyridine rings is 1. The summed E-state index contributed by atoms with van der Waals surface area (Å²) in [6.45, 7) is 3.21. The zero-order valence-electron chi connectivity index (χ0n) is 21.3. The number of likely N-dealkylation sites (tertiary alicyclic amines) is 1. The lowest BCUT2D eigenvalue weighted by Crippen LogP contribution is -2.44. The Morgan fingerprint density at radius 2 is 1.90 bits per heavy atom. The first-order valence-corrected chi connectivity index (χ1v) is 12.6. The minimum atomic E-state index is -0.355. The largest absolute Gasteiger partial charge is 0.454 e. The quantitative estimate of drug-likeness (QED) is 0.270. The summed E-state index contributed by atoms with van der Waals surface area (Å²) in [7, 11) is 0. The zero-order valence-corrected chi connectivity index (χ0v) is 21.3. The van der Waals surface area contributed by atoms with Crippen molar-refractivity contribution in [3.05, 3.63) is 54.0 Å². The highest BCUT2D eigenvalue weighted by molar-refractivity contribution is 6.38. The molecule has 1 amide bonds. The molecule has 5 N–H and O–H groups in total. The number of aromatic nitrogens is 4. The predicted molar refractivity (Wildman–Crippen MR) is 146 cm³/mol. The lowest BCUT2D eigenvalue weighted by molar-refractivity contribution is -0.125. The van der Waals surface area contributed by atoms with Crippen LogP contribution in [0.5, 0.6) is 11.5 Å². The Balaban J connectivity index is 1.27. The van der Waals surface area contributed by atoms with Crippen molar-refractivity contribution in [2.75, 3.05) is 25.6 Å². The Morgan fingerprint density at radius 3 is 2.64 bits per heavy atom. The fourth-order valence-electron chi connectivity index (χ4n) is 5.14. The predicted octanol–water partition coefficient (Wildman–Crippen LogP) is 2.75. The third kappa shape index (κ3) is 4.29. The fraction of sp³-hybridized carbons (Fsp3) is 0.259. The number of hydrogen-bond acceptors (Lipinski definition) is 8. The number of fused-ring (bicyclic) bond motifs is 2. The van der Waals surface area contributed by atoms with Gasteiger partial charge in [-0.25, -0.2) is 9.98 Å². The number of benzene rings is 1. The molecule has 1 fully saturated rings. The molecule has 0 bridgehead atoms. The number of hydrogen-bond donors (Lipinski definition) is 3. The second-order valence-corrected chi connectivity index (χ2v) is 9.51. The van der Waals surface area contributed by atoms with Crippen LogP contribution in [-0.2, 0) is 4.79 Å². The number of rotatable bonds is 4. The number of carbonyl (C=O) groups excluding carboxylic acids is 1. The van der Waals surface area contributed by atoms with Crippen molar-refractivity contribution in [3.8, 4) is 33.9 Å². The maximum Gasteiger partial charge on any atom is 0.289 e. The van der Waals surface area contributed by atoms with Crippen LogP contribution < -0.4 is 20.9 Å². The van der Waals surface area contributed by atoms with Crippen LogP contribution in [0.15, 0.2) is 47.7 Å². The number of aliphatic imine (C=N–C) groups is 1. The van der Waals surface area contributed by atoms with E-state index in [0.717, 1.165) is 45.7 Å². The van der Waals surface area contributed by atoms with E-state index in [2.05, 4.69) is 15.1 Å². The lowest BCUT2D eigenvalue weighted by Gasteiger charge is -2.32. The van der Waals surface area contributed by atoms with E-state index < -0.39 is 0 Å². The van der Waals surface area contributed by atoms with Gasteiger partial charge in [-0.05, 0) is 44.0 Å². The standard InChI is InChI=1S/C27H27N9O3/c1-15-23(16-6-8-35(9-7-16)27(37)24(29)32-13-28)34-26-19(12-33-36(26)25(15)30)18-2-4-20(31-11-18)17-3-5-21-22(10-17)39-14-38-21/h2-5,10-13,16H,6-9,14,30H2,1H3,(H3,28,29,32). The van der Waals surface area contributed by atoms with E-state index in [1.165, 1.54) is 0 Å². The Kier molecular flexibility index (Phi) is 6.06. The number of ether oxygens (including phenoxy) is 2. The first-order valence-electron chi connectivity index (χ1n) is 12.6. The van der Waals surface area contributed by atoms with E-state index in [0.29, 0.717) is 43.1 Å². The molecule has 1 saturated heterocycles. The fourth-order valence-corrected chi connectivity index (χ4v) is 5.14. The molecule has 0 atom stereocenters. The monoisotopic (exact) mass is 525 g/mol. The molecule has 6 rings (SSSR count). The second kappa shape index (κ2) is 9.71. The van der Waals surface area contributed by atoms with Gasteiger partial charge in [0.1, 0.15) is 12.2 Å². The van der Waals surface area contributed by atoms with Crippen molar-refractivity contribution < 1.29 is 14.3 Å². The molecule has 12 nitrogen and oxygen atoms in total. The molecule has 2 aliphatic rings. The Bertz CT molecular complexity index is 1620. The van der Waals surface area contributed by atoms with Gasteiger partial charge < -0.3 is 25.8 Å². The van der Waals surface area contributed by atoms with Gasteiger partial charge >= 0.3 is 0 Å². The first kappa shape index (κ1) is 24.3. The van der Waals surface area contributed by atoms with Crippen LogP contribution in [-0.4, -0.2) is 62.4 Å².